The van der Waals surface area contributed by atoms with Gasteiger partial charge in [0.1, 0.15) is 11.6 Å². The van der Waals surface area contributed by atoms with Crippen molar-refractivity contribution in [3.8, 4) is 11.4 Å². The minimum absolute atomic E-state index is 0.249. The molecule has 0 unspecified atom stereocenters. The van der Waals surface area contributed by atoms with Gasteiger partial charge in [-0.2, -0.15) is 0 Å². The Morgan fingerprint density at radius 3 is 2.94 bits per heavy atom. The van der Waals surface area contributed by atoms with E-state index in [0.29, 0.717) is 6.54 Å². The summed E-state index contributed by atoms with van der Waals surface area (Å²) in [6.07, 6.45) is 2.66. The number of nitrogens with two attached hydrogens (primary N) is 1. The maximum atomic E-state index is 13.1. The molecule has 0 fully saturated rings. The van der Waals surface area contributed by atoms with Crippen molar-refractivity contribution in [2.45, 2.75) is 6.42 Å². The van der Waals surface area contributed by atoms with Crippen LogP contribution in [-0.2, 0) is 13.5 Å². The van der Waals surface area contributed by atoms with Gasteiger partial charge in [-0.25, -0.2) is 9.37 Å². The van der Waals surface area contributed by atoms with Gasteiger partial charge in [-0.3, -0.25) is 0 Å². The molecule has 1 aromatic heterocycles. The third kappa shape index (κ3) is 2.12. The Balaban J connectivity index is 2.40. The van der Waals surface area contributed by atoms with Crippen LogP contribution in [0, 0.1) is 5.82 Å². The Labute approximate surface area is 93.7 Å². The van der Waals surface area contributed by atoms with Crippen molar-refractivity contribution in [2.24, 2.45) is 12.8 Å². The normalized spacial score (nSPS) is 10.7. The van der Waals surface area contributed by atoms with Crippen LogP contribution < -0.4 is 5.73 Å². The molecule has 1 heterocycles. The number of hydrogen-bond acceptors (Lipinski definition) is 2. The minimum Gasteiger partial charge on any atom is -0.334 e. The summed E-state index contributed by atoms with van der Waals surface area (Å²) in [5.74, 6) is 0.517. The summed E-state index contributed by atoms with van der Waals surface area (Å²) in [7, 11) is 1.90. The Kier molecular flexibility index (Phi) is 3.01. The molecule has 2 aromatic rings. The van der Waals surface area contributed by atoms with Gasteiger partial charge < -0.3 is 10.3 Å². The fourth-order valence-corrected chi connectivity index (χ4v) is 1.69. The highest BCUT2D eigenvalue weighted by Crippen LogP contribution is 2.18. The van der Waals surface area contributed by atoms with Crippen molar-refractivity contribution in [1.29, 1.82) is 0 Å². The van der Waals surface area contributed by atoms with Crippen molar-refractivity contribution in [3.05, 3.63) is 42.0 Å². The van der Waals surface area contributed by atoms with Crippen LogP contribution in [0.4, 0.5) is 4.39 Å². The second kappa shape index (κ2) is 4.45. The standard InChI is InChI=1S/C12H14FN3/c1-16-8-11(5-6-14)15-12(16)9-3-2-4-10(13)7-9/h2-4,7-8H,5-6,14H2,1H3. The summed E-state index contributed by atoms with van der Waals surface area (Å²) in [6, 6.07) is 6.43. The molecule has 1 aromatic carbocycles. The smallest absolute Gasteiger partial charge is 0.140 e. The van der Waals surface area contributed by atoms with Crippen molar-refractivity contribution in [2.75, 3.05) is 6.54 Å². The number of aromatic nitrogens is 2. The molecule has 0 bridgehead atoms. The highest BCUT2D eigenvalue weighted by molar-refractivity contribution is 5.55. The van der Waals surface area contributed by atoms with Crippen LogP contribution >= 0.6 is 0 Å². The predicted octanol–water partition coefficient (Wildman–Crippen LogP) is 1.73. The van der Waals surface area contributed by atoms with Crippen molar-refractivity contribution >= 4 is 0 Å². The zero-order valence-corrected chi connectivity index (χ0v) is 9.15. The number of nitrogens with zero attached hydrogens (tertiary/aromatic N) is 2. The molecule has 16 heavy (non-hydrogen) atoms. The van der Waals surface area contributed by atoms with Crippen LogP contribution in [-0.4, -0.2) is 16.1 Å². The zero-order chi connectivity index (χ0) is 11.5. The molecule has 0 amide bonds. The fourth-order valence-electron chi connectivity index (χ4n) is 1.69. The SMILES string of the molecule is Cn1cc(CCN)nc1-c1cccc(F)c1. The molecule has 0 radical (unpaired) electrons. The lowest BCUT2D eigenvalue weighted by Crippen LogP contribution is -2.02. The first-order valence-corrected chi connectivity index (χ1v) is 5.19. The lowest BCUT2D eigenvalue weighted by Gasteiger charge is -2.00. The highest BCUT2D eigenvalue weighted by atomic mass is 19.1. The predicted molar refractivity (Wildman–Crippen MR) is 61.4 cm³/mol. The molecule has 3 nitrogen and oxygen atoms in total. The first-order chi connectivity index (χ1) is 7.70. The van der Waals surface area contributed by atoms with Gasteiger partial charge in [0.15, 0.2) is 0 Å². The lowest BCUT2D eigenvalue weighted by atomic mass is 10.2. The molecule has 2 N–H and O–H groups in total. The van der Waals surface area contributed by atoms with E-state index in [9.17, 15) is 4.39 Å². The Hall–Kier alpha value is -1.68. The monoisotopic (exact) mass is 219 g/mol. The van der Waals surface area contributed by atoms with Crippen LogP contribution in [0.2, 0.25) is 0 Å². The summed E-state index contributed by atoms with van der Waals surface area (Å²) in [4.78, 5) is 4.43. The van der Waals surface area contributed by atoms with E-state index in [0.717, 1.165) is 23.5 Å². The van der Waals surface area contributed by atoms with Gasteiger partial charge in [-0.05, 0) is 18.7 Å². The molecule has 2 rings (SSSR count). The fraction of sp³-hybridized carbons (Fsp3) is 0.250. The molecule has 84 valence electrons. The summed E-state index contributed by atoms with van der Waals surface area (Å²) < 4.78 is 15.0. The third-order valence-electron chi connectivity index (χ3n) is 2.41. The first kappa shape index (κ1) is 10.8. The van der Waals surface area contributed by atoms with E-state index >= 15 is 0 Å². The molecule has 0 aliphatic heterocycles. The van der Waals surface area contributed by atoms with Gasteiger partial charge in [0, 0.05) is 25.2 Å². The van der Waals surface area contributed by atoms with Gasteiger partial charge in [0.05, 0.1) is 5.69 Å². The number of imidazole rings is 1. The molecule has 0 aliphatic carbocycles. The Morgan fingerprint density at radius 1 is 1.44 bits per heavy atom. The van der Waals surface area contributed by atoms with E-state index in [2.05, 4.69) is 4.98 Å². The summed E-state index contributed by atoms with van der Waals surface area (Å²) in [5, 5.41) is 0. The molecular formula is C12H14FN3. The molecule has 0 atom stereocenters. The molecule has 0 aliphatic rings. The van der Waals surface area contributed by atoms with E-state index in [1.165, 1.54) is 12.1 Å². The second-order valence-electron chi connectivity index (χ2n) is 3.72. The van der Waals surface area contributed by atoms with E-state index in [1.54, 1.807) is 6.07 Å². The number of aryl methyl sites for hydroxylation is 1. The number of benzene rings is 1. The van der Waals surface area contributed by atoms with Crippen LogP contribution in [0.5, 0.6) is 0 Å². The van der Waals surface area contributed by atoms with E-state index in [-0.39, 0.29) is 5.82 Å². The Morgan fingerprint density at radius 2 is 2.25 bits per heavy atom. The van der Waals surface area contributed by atoms with Gasteiger partial charge in [-0.15, -0.1) is 0 Å². The van der Waals surface area contributed by atoms with Crippen LogP contribution in [0.1, 0.15) is 5.69 Å². The Bertz CT molecular complexity index is 491. The number of halogens is 1. The largest absolute Gasteiger partial charge is 0.334 e. The lowest BCUT2D eigenvalue weighted by molar-refractivity contribution is 0.628. The summed E-state index contributed by atoms with van der Waals surface area (Å²) in [5.41, 5.74) is 7.19. The van der Waals surface area contributed by atoms with Gasteiger partial charge in [-0.1, -0.05) is 12.1 Å². The van der Waals surface area contributed by atoms with Crippen molar-refractivity contribution < 1.29 is 4.39 Å². The van der Waals surface area contributed by atoms with Gasteiger partial charge in [0.25, 0.3) is 0 Å². The zero-order valence-electron chi connectivity index (χ0n) is 9.15. The number of rotatable bonds is 3. The maximum absolute atomic E-state index is 13.1. The first-order valence-electron chi connectivity index (χ1n) is 5.19. The summed E-state index contributed by atoms with van der Waals surface area (Å²) >= 11 is 0. The van der Waals surface area contributed by atoms with Crippen LogP contribution in [0.3, 0.4) is 0 Å². The third-order valence-corrected chi connectivity index (χ3v) is 2.41. The van der Waals surface area contributed by atoms with E-state index in [4.69, 9.17) is 5.73 Å². The van der Waals surface area contributed by atoms with Crippen LogP contribution in [0.25, 0.3) is 11.4 Å². The highest BCUT2D eigenvalue weighted by Gasteiger charge is 2.07. The number of hydrogen-bond donors (Lipinski definition) is 1. The van der Waals surface area contributed by atoms with Crippen molar-refractivity contribution in [3.63, 3.8) is 0 Å². The van der Waals surface area contributed by atoms with Crippen LogP contribution in [0.15, 0.2) is 30.5 Å². The van der Waals surface area contributed by atoms with Crippen molar-refractivity contribution in [1.82, 2.24) is 9.55 Å². The molecule has 4 heteroatoms. The minimum atomic E-state index is -0.249. The molecule has 0 saturated carbocycles. The topological polar surface area (TPSA) is 43.8 Å². The molecule has 0 saturated heterocycles. The van der Waals surface area contributed by atoms with E-state index < -0.39 is 0 Å². The molecule has 0 spiro atoms. The average Bonchev–Trinajstić information content (AvgIpc) is 2.60. The summed E-state index contributed by atoms with van der Waals surface area (Å²) in [6.45, 7) is 0.569. The quantitative estimate of drug-likeness (QED) is 0.854. The van der Waals surface area contributed by atoms with E-state index in [1.807, 2.05) is 23.9 Å². The second-order valence-corrected chi connectivity index (χ2v) is 3.72. The maximum Gasteiger partial charge on any atom is 0.140 e. The molecular weight excluding hydrogens is 205 g/mol. The average molecular weight is 219 g/mol. The van der Waals surface area contributed by atoms with Gasteiger partial charge in [0.2, 0.25) is 0 Å². The van der Waals surface area contributed by atoms with Gasteiger partial charge >= 0.3 is 0 Å².